The molecule has 5 aromatic rings. The highest BCUT2D eigenvalue weighted by molar-refractivity contribution is 6.34. The van der Waals surface area contributed by atoms with Gasteiger partial charge in [0.15, 0.2) is 69.8 Å². The maximum absolute atomic E-state index is 15.4. The summed E-state index contributed by atoms with van der Waals surface area (Å²) in [5.41, 5.74) is -14.4. The van der Waals surface area contributed by atoms with E-state index in [1.807, 2.05) is 0 Å². The van der Waals surface area contributed by atoms with E-state index in [9.17, 15) is 49.6 Å². The van der Waals surface area contributed by atoms with Gasteiger partial charge in [-0.1, -0.05) is 0 Å². The molecule has 246 valence electrons. The van der Waals surface area contributed by atoms with Gasteiger partial charge in [0.25, 0.3) is 0 Å². The van der Waals surface area contributed by atoms with E-state index in [1.54, 1.807) is 0 Å². The molecule has 0 atom stereocenters. The molecule has 0 aliphatic rings. The summed E-state index contributed by atoms with van der Waals surface area (Å²) < 4.78 is 226. The molecule has 0 fully saturated rings. The number of benzene rings is 4. The average Bonchev–Trinajstić information content (AvgIpc) is 3.33. The zero-order chi connectivity index (χ0) is 35.1. The number of H-pyrrole nitrogens is 1. The van der Waals surface area contributed by atoms with Crippen molar-refractivity contribution in [3.8, 4) is 39.1 Å². The molecule has 47 heavy (non-hydrogen) atoms. The van der Waals surface area contributed by atoms with Crippen LogP contribution >= 0.6 is 0 Å². The lowest BCUT2D eigenvalue weighted by atomic mass is 9.83. The minimum atomic E-state index is -2.95. The van der Waals surface area contributed by atoms with E-state index >= 15 is 26.3 Å². The van der Waals surface area contributed by atoms with Crippen molar-refractivity contribution in [3.63, 3.8) is 0 Å². The summed E-state index contributed by atoms with van der Waals surface area (Å²) in [7, 11) is -2.93. The largest absolute Gasteiger partial charge is 0.707 e. The molecule has 0 amide bonds. The van der Waals surface area contributed by atoms with Crippen molar-refractivity contribution in [2.75, 3.05) is 0 Å². The Morgan fingerprint density at radius 1 is 0.468 bits per heavy atom. The number of halogens is 15. The van der Waals surface area contributed by atoms with Gasteiger partial charge in [-0.25, -0.2) is 65.9 Å². The van der Waals surface area contributed by atoms with E-state index in [1.165, 1.54) is 0 Å². The minimum absolute atomic E-state index is 0.167. The molecule has 0 aliphatic heterocycles. The zero-order valence-electron chi connectivity index (χ0n) is 22.1. The Morgan fingerprint density at radius 2 is 0.787 bits per heavy atom. The summed E-state index contributed by atoms with van der Waals surface area (Å²) in [6, 6.07) is 0.167. The number of fused-ring (bicyclic) bond motifs is 1. The molecule has 3 N–H and O–H groups in total. The Kier molecular flexibility index (Phi) is 8.16. The number of nitrogens with one attached hydrogen (secondary N) is 1. The van der Waals surface area contributed by atoms with Crippen LogP contribution in [0.5, 0.6) is 5.75 Å². The van der Waals surface area contributed by atoms with Gasteiger partial charge in [0.05, 0.1) is 27.9 Å². The fraction of sp³-hybridized carbons (Fsp3) is 0.0370. The van der Waals surface area contributed by atoms with Gasteiger partial charge in [-0.15, -0.1) is 0 Å². The Bertz CT molecular complexity index is 2100. The van der Waals surface area contributed by atoms with Crippen molar-refractivity contribution < 1.29 is 80.6 Å². The zero-order valence-corrected chi connectivity index (χ0v) is 22.1. The van der Waals surface area contributed by atoms with Crippen molar-refractivity contribution in [2.24, 2.45) is 0 Å². The summed E-state index contributed by atoms with van der Waals surface area (Å²) in [6.45, 7) is 0.913. The number of rotatable bonds is 5. The molecule has 1 heterocycles. The summed E-state index contributed by atoms with van der Waals surface area (Å²) in [5, 5.41) is 17.5. The fourth-order valence-corrected chi connectivity index (χ4v) is 4.91. The van der Waals surface area contributed by atoms with Gasteiger partial charge in [0, 0.05) is 16.5 Å². The van der Waals surface area contributed by atoms with Crippen LogP contribution in [0.4, 0.5) is 65.9 Å². The SMILES string of the molecule is Cc1[nH]c2cc(-c3c(F)c(F)c(F)c(F)c3F)c(-c3c(F)c(F)c(F)c(F)c3F)c(-c3c(F)c(F)c(F)c(F)c3F)c2c1OB(O)O. The standard InChI is InChI=1S/C27H7BF15NO3/c1-3-27(47-28(45)46)8-5(44-3)2-4(7-12(29)18(35)24(41)19(36)13(7)30)6(10-14(31)20(37)25(42)21(38)15(10)32)9(8)11-16(33)22(39)26(43)23(40)17(11)34/h2,44-46H,1H3. The first-order valence-corrected chi connectivity index (χ1v) is 12.1. The van der Waals surface area contributed by atoms with Gasteiger partial charge in [0.1, 0.15) is 5.75 Å². The highest BCUT2D eigenvalue weighted by atomic mass is 19.2. The van der Waals surface area contributed by atoms with Crippen LogP contribution in [0.25, 0.3) is 44.3 Å². The molecular weight excluding hydrogens is 682 g/mol. The Balaban J connectivity index is 2.25. The highest BCUT2D eigenvalue weighted by Gasteiger charge is 2.39. The van der Waals surface area contributed by atoms with Crippen molar-refractivity contribution >= 4 is 18.2 Å². The van der Waals surface area contributed by atoms with Gasteiger partial charge in [-0.2, -0.15) is 0 Å². The van der Waals surface area contributed by atoms with Gasteiger partial charge in [-0.05, 0) is 18.6 Å². The summed E-state index contributed by atoms with van der Waals surface area (Å²) in [5.74, 6) is -44.1. The summed E-state index contributed by atoms with van der Waals surface area (Å²) in [4.78, 5) is 2.20. The van der Waals surface area contributed by atoms with Crippen molar-refractivity contribution in [3.05, 3.63) is 99.0 Å². The maximum atomic E-state index is 15.4. The van der Waals surface area contributed by atoms with Gasteiger partial charge >= 0.3 is 7.32 Å². The lowest BCUT2D eigenvalue weighted by Crippen LogP contribution is -2.21. The quantitative estimate of drug-likeness (QED) is 0.0761. The van der Waals surface area contributed by atoms with Crippen LogP contribution in [0, 0.1) is 94.2 Å². The topological polar surface area (TPSA) is 65.5 Å². The first-order chi connectivity index (χ1) is 21.8. The van der Waals surface area contributed by atoms with E-state index in [2.05, 4.69) is 9.64 Å². The molecule has 0 aliphatic carbocycles. The van der Waals surface area contributed by atoms with E-state index in [0.29, 0.717) is 0 Å². The molecular formula is C27H7BF15NO3. The normalized spacial score (nSPS) is 11.6. The second-order valence-corrected chi connectivity index (χ2v) is 9.45. The lowest BCUT2D eigenvalue weighted by Gasteiger charge is -2.22. The third-order valence-electron chi connectivity index (χ3n) is 6.84. The van der Waals surface area contributed by atoms with Crippen molar-refractivity contribution in [1.29, 1.82) is 0 Å². The highest BCUT2D eigenvalue weighted by Crippen LogP contribution is 2.52. The molecule has 0 unspecified atom stereocenters. The van der Waals surface area contributed by atoms with Crippen LogP contribution in [-0.2, 0) is 0 Å². The molecule has 4 nitrogen and oxygen atoms in total. The summed E-state index contributed by atoms with van der Waals surface area (Å²) >= 11 is 0. The molecule has 5 rings (SSSR count). The molecule has 1 aromatic heterocycles. The van der Waals surface area contributed by atoms with Crippen LogP contribution in [0.1, 0.15) is 5.69 Å². The number of aromatic nitrogens is 1. The lowest BCUT2D eigenvalue weighted by molar-refractivity contribution is 0.288. The summed E-state index contributed by atoms with van der Waals surface area (Å²) in [6.07, 6.45) is 0. The molecule has 4 aromatic carbocycles. The average molecular weight is 689 g/mol. The fourth-order valence-electron chi connectivity index (χ4n) is 4.91. The Hall–Kier alpha value is -4.85. The predicted molar refractivity (Wildman–Crippen MR) is 130 cm³/mol. The van der Waals surface area contributed by atoms with Gasteiger partial charge in [-0.3, -0.25) is 0 Å². The van der Waals surface area contributed by atoms with E-state index in [-0.39, 0.29) is 6.07 Å². The molecule has 0 bridgehead atoms. The first-order valence-electron chi connectivity index (χ1n) is 12.1. The number of hydrogen-bond acceptors (Lipinski definition) is 3. The van der Waals surface area contributed by atoms with Crippen molar-refractivity contribution in [1.82, 2.24) is 4.98 Å². The Labute approximate surface area is 249 Å². The molecule has 0 spiro atoms. The number of aryl methyl sites for hydroxylation is 1. The molecule has 0 saturated carbocycles. The third-order valence-corrected chi connectivity index (χ3v) is 6.84. The van der Waals surface area contributed by atoms with Gasteiger partial charge in [0.2, 0.25) is 17.5 Å². The number of hydrogen-bond donors (Lipinski definition) is 3. The maximum Gasteiger partial charge on any atom is 0.707 e. The van der Waals surface area contributed by atoms with Crippen LogP contribution in [0.3, 0.4) is 0 Å². The van der Waals surface area contributed by atoms with Crippen LogP contribution in [-0.4, -0.2) is 22.4 Å². The molecule has 0 saturated heterocycles. The third kappa shape index (κ3) is 4.76. The molecule has 0 radical (unpaired) electrons. The van der Waals surface area contributed by atoms with E-state index < -0.39 is 150 Å². The second kappa shape index (κ2) is 11.4. The van der Waals surface area contributed by atoms with Crippen molar-refractivity contribution in [2.45, 2.75) is 6.92 Å². The predicted octanol–water partition coefficient (Wildman–Crippen LogP) is 7.91. The smallest absolute Gasteiger partial charge is 0.510 e. The minimum Gasteiger partial charge on any atom is -0.510 e. The van der Waals surface area contributed by atoms with Gasteiger partial charge < -0.3 is 19.7 Å². The van der Waals surface area contributed by atoms with Crippen LogP contribution in [0.2, 0.25) is 0 Å². The Morgan fingerprint density at radius 3 is 1.15 bits per heavy atom. The van der Waals surface area contributed by atoms with Crippen LogP contribution in [0.15, 0.2) is 6.07 Å². The second-order valence-electron chi connectivity index (χ2n) is 9.45. The van der Waals surface area contributed by atoms with E-state index in [4.69, 9.17) is 0 Å². The monoisotopic (exact) mass is 689 g/mol. The molecule has 20 heteroatoms. The van der Waals surface area contributed by atoms with Crippen LogP contribution < -0.4 is 4.65 Å². The first kappa shape index (κ1) is 33.5. The van der Waals surface area contributed by atoms with E-state index in [0.717, 1.165) is 6.92 Å². The number of aromatic amines is 1.